The lowest BCUT2D eigenvalue weighted by atomic mass is 9.82. The zero-order valence-electron chi connectivity index (χ0n) is 22.0. The van der Waals surface area contributed by atoms with Crippen LogP contribution in [0.4, 0.5) is 0 Å². The van der Waals surface area contributed by atoms with E-state index in [9.17, 15) is 9.90 Å². The first-order valence-electron chi connectivity index (χ1n) is 14.1. The van der Waals surface area contributed by atoms with Crippen molar-refractivity contribution in [2.45, 2.75) is 96.4 Å². The van der Waals surface area contributed by atoms with Crippen LogP contribution in [-0.4, -0.2) is 48.4 Å². The summed E-state index contributed by atoms with van der Waals surface area (Å²) in [6.07, 6.45) is 11.1. The highest BCUT2D eigenvalue weighted by molar-refractivity contribution is 5.88. The molecule has 3 atom stereocenters. The van der Waals surface area contributed by atoms with Gasteiger partial charge in [0, 0.05) is 30.9 Å². The molecule has 5 nitrogen and oxygen atoms in total. The van der Waals surface area contributed by atoms with Gasteiger partial charge in [0.25, 0.3) is 0 Å². The highest BCUT2D eigenvalue weighted by atomic mass is 16.5. The number of rotatable bonds is 10. The molecule has 1 aliphatic heterocycles. The molecule has 0 saturated heterocycles. The second kappa shape index (κ2) is 10.2. The zero-order valence-corrected chi connectivity index (χ0v) is 22.0. The summed E-state index contributed by atoms with van der Waals surface area (Å²) in [5.74, 6) is 3.04. The van der Waals surface area contributed by atoms with Gasteiger partial charge in [-0.2, -0.15) is 0 Å². The molecule has 3 saturated carbocycles. The minimum Gasteiger partial charge on any atom is -0.494 e. The number of hydrogen-bond donors (Lipinski definition) is 1. The molecule has 0 aromatic heterocycles. The number of carboxylic acids is 1. The van der Waals surface area contributed by atoms with Crippen LogP contribution in [0.3, 0.4) is 0 Å². The fourth-order valence-corrected chi connectivity index (χ4v) is 6.50. The van der Waals surface area contributed by atoms with E-state index in [1.165, 1.54) is 37.0 Å². The third-order valence-electron chi connectivity index (χ3n) is 8.97. The van der Waals surface area contributed by atoms with Crippen molar-refractivity contribution < 1.29 is 14.6 Å². The van der Waals surface area contributed by atoms with Crippen LogP contribution in [0.1, 0.15) is 107 Å². The monoisotopic (exact) mass is 480 g/mol. The summed E-state index contributed by atoms with van der Waals surface area (Å²) in [5, 5.41) is 9.64. The molecule has 1 N–H and O–H groups in total. The van der Waals surface area contributed by atoms with E-state index in [2.05, 4.69) is 31.0 Å². The normalized spacial score (nSPS) is 29.2. The molecule has 4 aliphatic rings. The first kappa shape index (κ1) is 24.8. The van der Waals surface area contributed by atoms with Crippen LogP contribution in [-0.2, 0) is 11.3 Å². The van der Waals surface area contributed by atoms with Crippen LogP contribution in [0, 0.1) is 17.3 Å². The number of carboxylic acid groups (broad SMARTS) is 1. The molecule has 5 heteroatoms. The zero-order chi connectivity index (χ0) is 24.6. The number of nitrogens with zero attached hydrogens (tertiary/aromatic N) is 2. The Balaban J connectivity index is 1.19. The van der Waals surface area contributed by atoms with Gasteiger partial charge in [0.2, 0.25) is 0 Å². The minimum absolute atomic E-state index is 0.479. The van der Waals surface area contributed by atoms with Crippen LogP contribution >= 0.6 is 0 Å². The summed E-state index contributed by atoms with van der Waals surface area (Å²) >= 11 is 0. The Morgan fingerprint density at radius 3 is 2.46 bits per heavy atom. The fourth-order valence-electron chi connectivity index (χ4n) is 6.50. The molecule has 1 aromatic carbocycles. The number of aliphatic carboxylic acids is 1. The predicted molar refractivity (Wildman–Crippen MR) is 141 cm³/mol. The van der Waals surface area contributed by atoms with Crippen LogP contribution < -0.4 is 4.74 Å². The van der Waals surface area contributed by atoms with Crippen LogP contribution in [0.15, 0.2) is 17.1 Å². The van der Waals surface area contributed by atoms with E-state index in [4.69, 9.17) is 9.73 Å². The van der Waals surface area contributed by atoms with E-state index in [1.54, 1.807) is 11.1 Å². The maximum Gasteiger partial charge on any atom is 0.309 e. The van der Waals surface area contributed by atoms with Gasteiger partial charge >= 0.3 is 5.97 Å². The van der Waals surface area contributed by atoms with Crippen molar-refractivity contribution in [1.82, 2.24) is 4.90 Å². The van der Waals surface area contributed by atoms with Crippen molar-refractivity contribution in [3.05, 3.63) is 28.8 Å². The van der Waals surface area contributed by atoms with Gasteiger partial charge in [-0.3, -0.25) is 9.79 Å². The van der Waals surface area contributed by atoms with E-state index in [0.717, 1.165) is 75.7 Å². The summed E-state index contributed by atoms with van der Waals surface area (Å²) in [6.45, 7) is 7.61. The lowest BCUT2D eigenvalue weighted by Crippen LogP contribution is -2.27. The molecule has 3 aliphatic carbocycles. The molecule has 0 bridgehead atoms. The third kappa shape index (κ3) is 5.76. The molecule has 192 valence electrons. The van der Waals surface area contributed by atoms with Crippen LogP contribution in [0.25, 0.3) is 0 Å². The maximum atomic E-state index is 11.7. The van der Waals surface area contributed by atoms with Gasteiger partial charge in [-0.15, -0.1) is 0 Å². The van der Waals surface area contributed by atoms with Gasteiger partial charge in [0.05, 0.1) is 12.0 Å². The van der Waals surface area contributed by atoms with Crippen molar-refractivity contribution in [2.24, 2.45) is 22.2 Å². The molecule has 5 rings (SSSR count). The Morgan fingerprint density at radius 1 is 1.09 bits per heavy atom. The number of benzene rings is 1. The SMILES string of the molecule is CCOc1cc(C2CC2)c(C2CC2)cc1CN(C)CC1CN=C(C2CCCC(C)(C(=O)O)CC2)C1. The van der Waals surface area contributed by atoms with Crippen molar-refractivity contribution in [3.8, 4) is 5.75 Å². The summed E-state index contributed by atoms with van der Waals surface area (Å²) in [4.78, 5) is 19.2. The Bertz CT molecular complexity index is 965. The van der Waals surface area contributed by atoms with Crippen molar-refractivity contribution >= 4 is 11.7 Å². The average Bonchev–Trinajstić information content (AvgIpc) is 3.73. The Hall–Kier alpha value is -1.88. The molecule has 0 radical (unpaired) electrons. The fraction of sp³-hybridized carbons (Fsp3) is 0.733. The number of hydrogen-bond acceptors (Lipinski definition) is 4. The lowest BCUT2D eigenvalue weighted by Gasteiger charge is -2.24. The molecule has 0 amide bonds. The second-order valence-corrected chi connectivity index (χ2v) is 12.2. The second-order valence-electron chi connectivity index (χ2n) is 12.2. The van der Waals surface area contributed by atoms with E-state index in [0.29, 0.717) is 18.4 Å². The van der Waals surface area contributed by atoms with Gasteiger partial charge in [-0.25, -0.2) is 0 Å². The Morgan fingerprint density at radius 2 is 1.80 bits per heavy atom. The Labute approximate surface area is 211 Å². The van der Waals surface area contributed by atoms with Gasteiger partial charge < -0.3 is 14.7 Å². The maximum absolute atomic E-state index is 11.7. The van der Waals surface area contributed by atoms with Gasteiger partial charge in [-0.1, -0.05) is 12.5 Å². The highest BCUT2D eigenvalue weighted by Gasteiger charge is 2.38. The minimum atomic E-state index is -0.632. The molecule has 0 spiro atoms. The number of carbonyl (C=O) groups is 1. The molecule has 1 aromatic rings. The van der Waals surface area contributed by atoms with Crippen LogP contribution in [0.5, 0.6) is 5.75 Å². The first-order chi connectivity index (χ1) is 16.9. The van der Waals surface area contributed by atoms with E-state index >= 15 is 0 Å². The van der Waals surface area contributed by atoms with Crippen LogP contribution in [0.2, 0.25) is 0 Å². The molecular weight excluding hydrogens is 436 g/mol. The van der Waals surface area contributed by atoms with Crippen molar-refractivity contribution in [3.63, 3.8) is 0 Å². The topological polar surface area (TPSA) is 62.1 Å². The standard InChI is InChI=1S/C30H44N2O3/c1-4-35-28-16-26(22-9-10-22)25(21-7-8-21)15-24(28)19-32(3)18-20-14-27(31-17-20)23-6-5-12-30(2,13-11-23)29(33)34/h15-16,20-23H,4-14,17-19H2,1-3H3,(H,33,34). The third-order valence-corrected chi connectivity index (χ3v) is 8.97. The molecular formula is C30H44N2O3. The number of ether oxygens (including phenoxy) is 1. The molecule has 1 heterocycles. The average molecular weight is 481 g/mol. The van der Waals surface area contributed by atoms with E-state index in [-0.39, 0.29) is 0 Å². The summed E-state index contributed by atoms with van der Waals surface area (Å²) in [6, 6.07) is 4.86. The predicted octanol–water partition coefficient (Wildman–Crippen LogP) is 6.40. The van der Waals surface area contributed by atoms with Gasteiger partial charge in [0.15, 0.2) is 0 Å². The molecule has 35 heavy (non-hydrogen) atoms. The lowest BCUT2D eigenvalue weighted by molar-refractivity contribution is -0.148. The smallest absolute Gasteiger partial charge is 0.309 e. The Kier molecular flexibility index (Phi) is 7.25. The van der Waals surface area contributed by atoms with E-state index < -0.39 is 11.4 Å². The molecule has 3 unspecified atom stereocenters. The van der Waals surface area contributed by atoms with Crippen molar-refractivity contribution in [1.29, 1.82) is 0 Å². The quantitative estimate of drug-likeness (QED) is 0.393. The van der Waals surface area contributed by atoms with Gasteiger partial charge in [-0.05, 0) is 120 Å². The van der Waals surface area contributed by atoms with Gasteiger partial charge in [0.1, 0.15) is 5.75 Å². The summed E-state index contributed by atoms with van der Waals surface area (Å²) in [7, 11) is 2.24. The first-order valence-corrected chi connectivity index (χ1v) is 14.1. The summed E-state index contributed by atoms with van der Waals surface area (Å²) in [5.41, 5.74) is 5.32. The molecule has 3 fully saturated rings. The van der Waals surface area contributed by atoms with E-state index in [1.807, 2.05) is 6.92 Å². The number of aliphatic imine (C=N–C) groups is 1. The highest BCUT2D eigenvalue weighted by Crippen LogP contribution is 2.51. The largest absolute Gasteiger partial charge is 0.494 e. The van der Waals surface area contributed by atoms with Crippen molar-refractivity contribution in [2.75, 3.05) is 26.7 Å². The summed E-state index contributed by atoms with van der Waals surface area (Å²) < 4.78 is 6.13.